The number of hydrogen-bond donors (Lipinski definition) is 1. The standard InChI is InChI=1S/C13H22ClN3O/c1-8(2)17-12(18)11(14)10(7-15-17)16-9(3)13(4,5)6/h7-9,16H,1-6H3. The number of hydrogen-bond acceptors (Lipinski definition) is 3. The molecular formula is C13H22ClN3O. The van der Waals surface area contributed by atoms with E-state index in [0.29, 0.717) is 5.69 Å². The van der Waals surface area contributed by atoms with E-state index in [1.807, 2.05) is 13.8 Å². The van der Waals surface area contributed by atoms with E-state index < -0.39 is 0 Å². The first kappa shape index (κ1) is 15.0. The summed E-state index contributed by atoms with van der Waals surface area (Å²) in [6, 6.07) is 0.190. The molecule has 102 valence electrons. The fourth-order valence-electron chi connectivity index (χ4n) is 1.36. The summed E-state index contributed by atoms with van der Waals surface area (Å²) in [5, 5.41) is 7.58. The van der Waals surface area contributed by atoms with E-state index in [4.69, 9.17) is 11.6 Å². The first-order chi connectivity index (χ1) is 8.14. The zero-order valence-corrected chi connectivity index (χ0v) is 12.7. The van der Waals surface area contributed by atoms with E-state index in [2.05, 4.69) is 38.1 Å². The van der Waals surface area contributed by atoms with Crippen molar-refractivity contribution in [1.82, 2.24) is 9.78 Å². The lowest BCUT2D eigenvalue weighted by atomic mass is 9.88. The van der Waals surface area contributed by atoms with Crippen molar-refractivity contribution in [1.29, 1.82) is 0 Å². The van der Waals surface area contributed by atoms with Gasteiger partial charge < -0.3 is 5.32 Å². The molecule has 0 aliphatic carbocycles. The van der Waals surface area contributed by atoms with Crippen molar-refractivity contribution in [3.63, 3.8) is 0 Å². The van der Waals surface area contributed by atoms with Gasteiger partial charge >= 0.3 is 0 Å². The van der Waals surface area contributed by atoms with Crippen molar-refractivity contribution in [3.05, 3.63) is 21.6 Å². The van der Waals surface area contributed by atoms with Crippen LogP contribution in [0.1, 0.15) is 47.6 Å². The quantitative estimate of drug-likeness (QED) is 0.917. The summed E-state index contributed by atoms with van der Waals surface area (Å²) in [6.07, 6.45) is 1.62. The third kappa shape index (κ3) is 3.25. The van der Waals surface area contributed by atoms with Gasteiger partial charge in [0.05, 0.1) is 17.9 Å². The fourth-order valence-corrected chi connectivity index (χ4v) is 1.55. The van der Waals surface area contributed by atoms with E-state index in [1.165, 1.54) is 4.68 Å². The van der Waals surface area contributed by atoms with E-state index in [-0.39, 0.29) is 28.1 Å². The summed E-state index contributed by atoms with van der Waals surface area (Å²) in [5.41, 5.74) is 0.426. The van der Waals surface area contributed by atoms with Gasteiger partial charge in [-0.1, -0.05) is 32.4 Å². The summed E-state index contributed by atoms with van der Waals surface area (Å²) in [6.45, 7) is 12.2. The van der Waals surface area contributed by atoms with Crippen molar-refractivity contribution < 1.29 is 0 Å². The first-order valence-corrected chi connectivity index (χ1v) is 6.56. The molecule has 1 N–H and O–H groups in total. The van der Waals surface area contributed by atoms with Crippen LogP contribution in [0.4, 0.5) is 5.69 Å². The molecule has 18 heavy (non-hydrogen) atoms. The smallest absolute Gasteiger partial charge is 0.287 e. The van der Waals surface area contributed by atoms with Crippen LogP contribution in [0.15, 0.2) is 11.0 Å². The topological polar surface area (TPSA) is 46.9 Å². The zero-order chi connectivity index (χ0) is 14.1. The Kier molecular flexibility index (Phi) is 4.43. The molecule has 1 atom stereocenters. The highest BCUT2D eigenvalue weighted by molar-refractivity contribution is 6.32. The lowest BCUT2D eigenvalue weighted by Crippen LogP contribution is -2.33. The molecule has 1 heterocycles. The van der Waals surface area contributed by atoms with Crippen molar-refractivity contribution in [3.8, 4) is 0 Å². The van der Waals surface area contributed by atoms with Crippen LogP contribution in [0.2, 0.25) is 5.02 Å². The number of halogens is 1. The Morgan fingerprint density at radius 1 is 1.33 bits per heavy atom. The van der Waals surface area contributed by atoms with Gasteiger partial charge in [0.15, 0.2) is 0 Å². The van der Waals surface area contributed by atoms with Gasteiger partial charge in [-0.2, -0.15) is 5.10 Å². The molecular weight excluding hydrogens is 250 g/mol. The minimum atomic E-state index is -0.252. The molecule has 0 aliphatic heterocycles. The molecule has 1 unspecified atom stereocenters. The molecule has 0 saturated carbocycles. The number of rotatable bonds is 3. The summed E-state index contributed by atoms with van der Waals surface area (Å²) in [7, 11) is 0. The van der Waals surface area contributed by atoms with Gasteiger partial charge in [-0.25, -0.2) is 4.68 Å². The lowest BCUT2D eigenvalue weighted by molar-refractivity contribution is 0.359. The molecule has 0 aliphatic rings. The summed E-state index contributed by atoms with van der Waals surface area (Å²) >= 11 is 6.10. The Bertz CT molecular complexity index is 474. The van der Waals surface area contributed by atoms with E-state index in [1.54, 1.807) is 6.20 Å². The molecule has 0 amide bonds. The third-order valence-electron chi connectivity index (χ3n) is 3.10. The van der Waals surface area contributed by atoms with Crippen LogP contribution in [-0.2, 0) is 0 Å². The van der Waals surface area contributed by atoms with Gasteiger partial charge in [-0.3, -0.25) is 4.79 Å². The van der Waals surface area contributed by atoms with Crippen LogP contribution in [0.3, 0.4) is 0 Å². The van der Waals surface area contributed by atoms with Crippen molar-refractivity contribution >= 4 is 17.3 Å². The predicted octanol–water partition coefficient (Wildman–Crippen LogP) is 3.32. The Morgan fingerprint density at radius 3 is 2.33 bits per heavy atom. The van der Waals surface area contributed by atoms with Gasteiger partial charge in [0, 0.05) is 6.04 Å². The number of anilines is 1. The fraction of sp³-hybridized carbons (Fsp3) is 0.692. The Balaban J connectivity index is 3.07. The molecule has 1 rings (SSSR count). The second kappa shape index (κ2) is 5.31. The number of aromatic nitrogens is 2. The minimum absolute atomic E-state index is 0.00379. The van der Waals surface area contributed by atoms with Crippen LogP contribution in [-0.4, -0.2) is 15.8 Å². The van der Waals surface area contributed by atoms with Crippen LogP contribution in [0.5, 0.6) is 0 Å². The maximum Gasteiger partial charge on any atom is 0.287 e. The second-order valence-electron chi connectivity index (χ2n) is 5.95. The first-order valence-electron chi connectivity index (χ1n) is 6.18. The highest BCUT2D eigenvalue weighted by Crippen LogP contribution is 2.25. The SMILES string of the molecule is CC(C)n1ncc(NC(C)C(C)(C)C)c(Cl)c1=O. The monoisotopic (exact) mass is 271 g/mol. The van der Waals surface area contributed by atoms with Crippen molar-refractivity contribution in [2.75, 3.05) is 5.32 Å². The van der Waals surface area contributed by atoms with Crippen molar-refractivity contribution in [2.45, 2.75) is 53.6 Å². The molecule has 0 aromatic carbocycles. The zero-order valence-electron chi connectivity index (χ0n) is 11.9. The predicted molar refractivity (Wildman–Crippen MR) is 76.4 cm³/mol. The maximum atomic E-state index is 12.0. The summed E-state index contributed by atoms with van der Waals surface area (Å²) < 4.78 is 1.38. The van der Waals surface area contributed by atoms with Crippen LogP contribution < -0.4 is 10.9 Å². The van der Waals surface area contributed by atoms with E-state index in [0.717, 1.165) is 0 Å². The third-order valence-corrected chi connectivity index (χ3v) is 3.47. The molecule has 0 spiro atoms. The summed E-state index contributed by atoms with van der Waals surface area (Å²) in [4.78, 5) is 12.0. The molecule has 1 aromatic rings. The molecule has 5 heteroatoms. The van der Waals surface area contributed by atoms with Crippen LogP contribution >= 0.6 is 11.6 Å². The minimum Gasteiger partial charge on any atom is -0.379 e. The van der Waals surface area contributed by atoms with Gasteiger partial charge in [-0.05, 0) is 26.2 Å². The Hall–Kier alpha value is -1.03. The van der Waals surface area contributed by atoms with E-state index in [9.17, 15) is 4.79 Å². The van der Waals surface area contributed by atoms with Gasteiger partial charge in [0.1, 0.15) is 5.02 Å². The number of nitrogens with zero attached hydrogens (tertiary/aromatic N) is 2. The average Bonchev–Trinajstić information content (AvgIpc) is 2.22. The molecule has 0 radical (unpaired) electrons. The normalized spacial score (nSPS) is 13.8. The van der Waals surface area contributed by atoms with E-state index >= 15 is 0 Å². The molecule has 0 bridgehead atoms. The van der Waals surface area contributed by atoms with Crippen molar-refractivity contribution in [2.24, 2.45) is 5.41 Å². The Labute approximate surface area is 113 Å². The van der Waals surface area contributed by atoms with Gasteiger partial charge in [0.2, 0.25) is 0 Å². The molecule has 0 fully saturated rings. The summed E-state index contributed by atoms with van der Waals surface area (Å²) in [5.74, 6) is 0. The largest absolute Gasteiger partial charge is 0.379 e. The number of nitrogens with one attached hydrogen (secondary N) is 1. The lowest BCUT2D eigenvalue weighted by Gasteiger charge is -2.29. The highest BCUT2D eigenvalue weighted by atomic mass is 35.5. The van der Waals surface area contributed by atoms with Gasteiger partial charge in [0.25, 0.3) is 5.56 Å². The van der Waals surface area contributed by atoms with Crippen LogP contribution in [0, 0.1) is 5.41 Å². The molecule has 1 aromatic heterocycles. The second-order valence-corrected chi connectivity index (χ2v) is 6.33. The Morgan fingerprint density at radius 2 is 1.89 bits per heavy atom. The highest BCUT2D eigenvalue weighted by Gasteiger charge is 2.21. The molecule has 4 nitrogen and oxygen atoms in total. The molecule has 0 saturated heterocycles. The van der Waals surface area contributed by atoms with Gasteiger partial charge in [-0.15, -0.1) is 0 Å². The maximum absolute atomic E-state index is 12.0. The average molecular weight is 272 g/mol. The van der Waals surface area contributed by atoms with Crippen LogP contribution in [0.25, 0.3) is 0 Å².